The maximum absolute atomic E-state index is 11.2. The first-order chi connectivity index (χ1) is 6.56. The highest BCUT2D eigenvalue weighted by Gasteiger charge is 2.30. The van der Waals surface area contributed by atoms with Crippen LogP contribution in [0.15, 0.2) is 11.8 Å². The van der Waals surface area contributed by atoms with Crippen molar-refractivity contribution in [2.24, 2.45) is 0 Å². The second-order valence-corrected chi connectivity index (χ2v) is 2.60. The molecule has 0 radical (unpaired) electrons. The lowest BCUT2D eigenvalue weighted by atomic mass is 10.4. The van der Waals surface area contributed by atoms with E-state index in [0.29, 0.717) is 0 Å². The van der Waals surface area contributed by atoms with E-state index < -0.39 is 17.9 Å². The number of amides is 3. The second kappa shape index (κ2) is 3.91. The average Bonchev–Trinajstić information content (AvgIpc) is 2.34. The molecule has 6 heteroatoms. The van der Waals surface area contributed by atoms with Gasteiger partial charge in [-0.05, 0) is 6.92 Å². The fourth-order valence-electron chi connectivity index (χ4n) is 0.925. The number of hydrogen-bond donors (Lipinski definition) is 1. The van der Waals surface area contributed by atoms with Crippen LogP contribution in [0.3, 0.4) is 0 Å². The van der Waals surface area contributed by atoms with Gasteiger partial charge >= 0.3 is 12.0 Å². The van der Waals surface area contributed by atoms with Gasteiger partial charge in [-0.2, -0.15) is 0 Å². The van der Waals surface area contributed by atoms with Crippen molar-refractivity contribution < 1.29 is 19.1 Å². The Morgan fingerprint density at radius 2 is 2.21 bits per heavy atom. The number of carbonyl (C=O) groups is 3. The maximum atomic E-state index is 11.2. The van der Waals surface area contributed by atoms with Crippen molar-refractivity contribution in [2.45, 2.75) is 6.92 Å². The Balaban J connectivity index is 2.76. The van der Waals surface area contributed by atoms with Crippen LogP contribution in [0.1, 0.15) is 6.92 Å². The summed E-state index contributed by atoms with van der Waals surface area (Å²) >= 11 is 0. The summed E-state index contributed by atoms with van der Waals surface area (Å²) in [5, 5.41) is 2.24. The van der Waals surface area contributed by atoms with Gasteiger partial charge in [-0.3, -0.25) is 9.69 Å². The van der Waals surface area contributed by atoms with Crippen molar-refractivity contribution in [3.05, 3.63) is 11.8 Å². The third-order valence-corrected chi connectivity index (χ3v) is 1.63. The summed E-state index contributed by atoms with van der Waals surface area (Å²) in [5.74, 6) is -1.19. The fourth-order valence-corrected chi connectivity index (χ4v) is 0.925. The van der Waals surface area contributed by atoms with Crippen LogP contribution >= 0.6 is 0 Å². The molecule has 1 N–H and O–H groups in total. The highest BCUT2D eigenvalue weighted by atomic mass is 16.5. The van der Waals surface area contributed by atoms with E-state index in [9.17, 15) is 14.4 Å². The van der Waals surface area contributed by atoms with Crippen LogP contribution in [0.25, 0.3) is 0 Å². The van der Waals surface area contributed by atoms with Crippen molar-refractivity contribution in [2.75, 3.05) is 13.7 Å². The molecule has 0 unspecified atom stereocenters. The Morgan fingerprint density at radius 3 is 2.64 bits per heavy atom. The molecule has 1 saturated heterocycles. The highest BCUT2D eigenvalue weighted by molar-refractivity contribution is 6.13. The fraction of sp³-hybridized carbons (Fsp3) is 0.375. The van der Waals surface area contributed by atoms with Gasteiger partial charge < -0.3 is 10.1 Å². The molecule has 1 aliphatic heterocycles. The second-order valence-electron chi connectivity index (χ2n) is 2.60. The first-order valence-electron chi connectivity index (χ1n) is 4.03. The first kappa shape index (κ1) is 10.2. The lowest BCUT2D eigenvalue weighted by molar-refractivity contribution is -0.137. The molecule has 1 rings (SSSR count). The zero-order valence-electron chi connectivity index (χ0n) is 7.86. The van der Waals surface area contributed by atoms with E-state index in [4.69, 9.17) is 0 Å². The first-order valence-corrected chi connectivity index (χ1v) is 4.03. The standard InChI is InChI=1S/C8H10N2O4/c1-3-14-6(11)4-5-7(12)10(2)8(13)9-5/h4H,3H2,1-2H3,(H,9,13)/b5-4-. The number of rotatable bonds is 2. The van der Waals surface area contributed by atoms with E-state index >= 15 is 0 Å². The summed E-state index contributed by atoms with van der Waals surface area (Å²) in [5.41, 5.74) is -0.0593. The largest absolute Gasteiger partial charge is 0.463 e. The number of carbonyl (C=O) groups excluding carboxylic acids is 3. The predicted molar refractivity (Wildman–Crippen MR) is 46.0 cm³/mol. The van der Waals surface area contributed by atoms with Crippen LogP contribution in [0.4, 0.5) is 4.79 Å². The molecule has 0 atom stereocenters. The summed E-state index contributed by atoms with van der Waals surface area (Å²) < 4.78 is 4.59. The normalized spacial score (nSPS) is 18.7. The molecular formula is C8H10N2O4. The number of ether oxygens (including phenoxy) is 1. The van der Waals surface area contributed by atoms with E-state index in [2.05, 4.69) is 10.1 Å². The molecule has 1 heterocycles. The molecular weight excluding hydrogens is 188 g/mol. The quantitative estimate of drug-likeness (QED) is 0.372. The van der Waals surface area contributed by atoms with Gasteiger partial charge in [0.1, 0.15) is 5.70 Å². The van der Waals surface area contributed by atoms with E-state index in [1.807, 2.05) is 0 Å². The minimum absolute atomic E-state index is 0.0593. The predicted octanol–water partition coefficient (Wildman–Crippen LogP) is -0.385. The minimum atomic E-state index is -0.647. The molecule has 6 nitrogen and oxygen atoms in total. The Kier molecular flexibility index (Phi) is 2.85. The molecule has 0 aromatic rings. The number of nitrogens with one attached hydrogen (secondary N) is 1. The summed E-state index contributed by atoms with van der Waals surface area (Å²) in [7, 11) is 1.32. The third kappa shape index (κ3) is 1.90. The maximum Gasteiger partial charge on any atom is 0.333 e. The summed E-state index contributed by atoms with van der Waals surface area (Å²) in [6.45, 7) is 1.87. The zero-order chi connectivity index (χ0) is 10.7. The van der Waals surface area contributed by atoms with Gasteiger partial charge in [0.05, 0.1) is 12.7 Å². The number of likely N-dealkylation sites (N-methyl/N-ethyl adjacent to an activating group) is 1. The molecule has 1 fully saturated rings. The molecule has 0 bridgehead atoms. The molecule has 14 heavy (non-hydrogen) atoms. The van der Waals surface area contributed by atoms with Gasteiger partial charge in [-0.25, -0.2) is 9.59 Å². The van der Waals surface area contributed by atoms with Crippen molar-refractivity contribution in [3.8, 4) is 0 Å². The average molecular weight is 198 g/mol. The number of esters is 1. The van der Waals surface area contributed by atoms with Gasteiger partial charge in [-0.1, -0.05) is 0 Å². The van der Waals surface area contributed by atoms with E-state index in [1.165, 1.54) is 7.05 Å². The molecule has 3 amide bonds. The van der Waals surface area contributed by atoms with Crippen LogP contribution in [-0.2, 0) is 14.3 Å². The highest BCUT2D eigenvalue weighted by Crippen LogP contribution is 2.06. The van der Waals surface area contributed by atoms with Crippen LogP contribution in [-0.4, -0.2) is 36.5 Å². The SMILES string of the molecule is CCOC(=O)/C=C1\NC(=O)N(C)C1=O. The molecule has 0 aromatic heterocycles. The van der Waals surface area contributed by atoms with Crippen LogP contribution in [0.2, 0.25) is 0 Å². The molecule has 76 valence electrons. The summed E-state index contributed by atoms with van der Waals surface area (Å²) in [6, 6.07) is -0.550. The van der Waals surface area contributed by atoms with Gasteiger partial charge in [0.2, 0.25) is 0 Å². The topological polar surface area (TPSA) is 75.7 Å². The molecule has 0 aliphatic carbocycles. The third-order valence-electron chi connectivity index (χ3n) is 1.63. The van der Waals surface area contributed by atoms with E-state index in [0.717, 1.165) is 11.0 Å². The van der Waals surface area contributed by atoms with Gasteiger partial charge in [0.15, 0.2) is 0 Å². The summed E-state index contributed by atoms with van der Waals surface area (Å²) in [4.78, 5) is 34.0. The van der Waals surface area contributed by atoms with E-state index in [-0.39, 0.29) is 12.3 Å². The number of urea groups is 1. The van der Waals surface area contributed by atoms with Crippen LogP contribution < -0.4 is 5.32 Å². The Hall–Kier alpha value is -1.85. The lowest BCUT2D eigenvalue weighted by Gasteiger charge is -1.99. The number of imide groups is 1. The van der Waals surface area contributed by atoms with E-state index in [1.54, 1.807) is 6.92 Å². The Bertz CT molecular complexity index is 321. The Morgan fingerprint density at radius 1 is 1.57 bits per heavy atom. The smallest absolute Gasteiger partial charge is 0.333 e. The number of nitrogens with zero attached hydrogens (tertiary/aromatic N) is 1. The monoisotopic (exact) mass is 198 g/mol. The van der Waals surface area contributed by atoms with Crippen molar-refractivity contribution in [1.82, 2.24) is 10.2 Å². The molecule has 1 aliphatic rings. The van der Waals surface area contributed by atoms with Crippen molar-refractivity contribution in [3.63, 3.8) is 0 Å². The van der Waals surface area contributed by atoms with Crippen LogP contribution in [0, 0.1) is 0 Å². The van der Waals surface area contributed by atoms with Crippen LogP contribution in [0.5, 0.6) is 0 Å². The molecule has 0 aromatic carbocycles. The van der Waals surface area contributed by atoms with Crippen molar-refractivity contribution >= 4 is 17.9 Å². The van der Waals surface area contributed by atoms with Gasteiger partial charge in [0.25, 0.3) is 5.91 Å². The van der Waals surface area contributed by atoms with Gasteiger partial charge in [0, 0.05) is 7.05 Å². The molecule has 0 spiro atoms. The Labute approximate surface area is 80.5 Å². The van der Waals surface area contributed by atoms with Gasteiger partial charge in [-0.15, -0.1) is 0 Å². The van der Waals surface area contributed by atoms with Crippen molar-refractivity contribution in [1.29, 1.82) is 0 Å². The summed E-state index contributed by atoms with van der Waals surface area (Å²) in [6.07, 6.45) is 0.966. The number of hydrogen-bond acceptors (Lipinski definition) is 4. The minimum Gasteiger partial charge on any atom is -0.463 e. The zero-order valence-corrected chi connectivity index (χ0v) is 7.86. The lowest BCUT2D eigenvalue weighted by Crippen LogP contribution is -2.25. The molecule has 0 saturated carbocycles.